The Bertz CT molecular complexity index is 340. The predicted octanol–water partition coefficient (Wildman–Crippen LogP) is 1.15. The molecule has 3 nitrogen and oxygen atoms in total. The highest BCUT2D eigenvalue weighted by Crippen LogP contribution is 2.17. The van der Waals surface area contributed by atoms with Crippen molar-refractivity contribution in [3.63, 3.8) is 0 Å². The molecule has 1 heterocycles. The molecule has 0 aliphatic rings. The van der Waals surface area contributed by atoms with Crippen LogP contribution in [-0.2, 0) is 4.79 Å². The fourth-order valence-electron chi connectivity index (χ4n) is 1.15. The van der Waals surface area contributed by atoms with Crippen LogP contribution < -0.4 is 10.6 Å². The number of carbonyl (C=O) groups is 1. The van der Waals surface area contributed by atoms with Crippen molar-refractivity contribution in [3.8, 4) is 12.3 Å². The van der Waals surface area contributed by atoms with E-state index in [4.69, 9.17) is 6.42 Å². The largest absolute Gasteiger partial charge is 0.348 e. The highest BCUT2D eigenvalue weighted by molar-refractivity contribution is 7.10. The molecule has 1 rings (SSSR count). The summed E-state index contributed by atoms with van der Waals surface area (Å²) in [5, 5.41) is 7.72. The number of amides is 1. The average Bonchev–Trinajstić information content (AvgIpc) is 2.70. The predicted molar refractivity (Wildman–Crippen MR) is 62.6 cm³/mol. The number of terminal acetylenes is 1. The van der Waals surface area contributed by atoms with Crippen LogP contribution in [0.2, 0.25) is 0 Å². The minimum absolute atomic E-state index is 0.0360. The summed E-state index contributed by atoms with van der Waals surface area (Å²) in [5.41, 5.74) is 0. The van der Waals surface area contributed by atoms with Gasteiger partial charge in [0.15, 0.2) is 0 Å². The highest BCUT2D eigenvalue weighted by Gasteiger charge is 2.09. The molecule has 0 unspecified atom stereocenters. The summed E-state index contributed by atoms with van der Waals surface area (Å²) >= 11 is 1.63. The Kier molecular flexibility index (Phi) is 4.88. The van der Waals surface area contributed by atoms with Crippen molar-refractivity contribution in [2.75, 3.05) is 13.1 Å². The maximum absolute atomic E-state index is 11.4. The summed E-state index contributed by atoms with van der Waals surface area (Å²) in [6.45, 7) is 2.64. The van der Waals surface area contributed by atoms with Crippen molar-refractivity contribution in [3.05, 3.63) is 22.4 Å². The first kappa shape index (κ1) is 11.8. The van der Waals surface area contributed by atoms with Gasteiger partial charge in [-0.25, -0.2) is 0 Å². The lowest BCUT2D eigenvalue weighted by molar-refractivity contribution is -0.120. The Morgan fingerprint density at radius 1 is 1.73 bits per heavy atom. The van der Waals surface area contributed by atoms with E-state index < -0.39 is 0 Å². The monoisotopic (exact) mass is 222 g/mol. The molecule has 0 fully saturated rings. The van der Waals surface area contributed by atoms with Crippen LogP contribution in [0.1, 0.15) is 17.8 Å². The molecule has 1 atom stereocenters. The van der Waals surface area contributed by atoms with E-state index in [1.54, 1.807) is 11.3 Å². The number of thiophene rings is 1. The number of hydrogen-bond acceptors (Lipinski definition) is 3. The molecule has 80 valence electrons. The maximum atomic E-state index is 11.4. The summed E-state index contributed by atoms with van der Waals surface area (Å²) in [4.78, 5) is 12.5. The lowest BCUT2D eigenvalue weighted by Crippen LogP contribution is -2.35. The van der Waals surface area contributed by atoms with Crippen LogP contribution in [0.4, 0.5) is 0 Å². The molecule has 1 amide bonds. The van der Waals surface area contributed by atoms with Gasteiger partial charge in [0.1, 0.15) is 0 Å². The number of rotatable bonds is 5. The van der Waals surface area contributed by atoms with Crippen molar-refractivity contribution >= 4 is 17.2 Å². The molecule has 0 spiro atoms. The second-order valence-electron chi connectivity index (χ2n) is 3.11. The first-order chi connectivity index (χ1) is 7.24. The van der Waals surface area contributed by atoms with Crippen LogP contribution in [0.15, 0.2) is 17.5 Å². The molecular weight excluding hydrogens is 208 g/mol. The Morgan fingerprint density at radius 3 is 3.13 bits per heavy atom. The van der Waals surface area contributed by atoms with Crippen molar-refractivity contribution < 1.29 is 4.79 Å². The molecular formula is C11H14N2OS. The van der Waals surface area contributed by atoms with Gasteiger partial charge in [-0.3, -0.25) is 10.1 Å². The topological polar surface area (TPSA) is 41.1 Å². The van der Waals surface area contributed by atoms with Gasteiger partial charge in [-0.05, 0) is 18.4 Å². The van der Waals surface area contributed by atoms with Crippen molar-refractivity contribution in [2.24, 2.45) is 0 Å². The van der Waals surface area contributed by atoms with Gasteiger partial charge in [-0.15, -0.1) is 17.8 Å². The van der Waals surface area contributed by atoms with Crippen molar-refractivity contribution in [2.45, 2.75) is 13.0 Å². The van der Waals surface area contributed by atoms with Crippen LogP contribution in [-0.4, -0.2) is 19.0 Å². The molecule has 0 radical (unpaired) electrons. The average molecular weight is 222 g/mol. The SMILES string of the molecule is C#CCNCC(=O)N[C@H](C)c1cccs1. The van der Waals surface area contributed by atoms with Gasteiger partial charge in [0.05, 0.1) is 19.1 Å². The molecule has 0 aromatic carbocycles. The number of nitrogens with one attached hydrogen (secondary N) is 2. The van der Waals surface area contributed by atoms with Gasteiger partial charge in [-0.2, -0.15) is 0 Å². The van der Waals surface area contributed by atoms with Crippen LogP contribution in [0.25, 0.3) is 0 Å². The third kappa shape index (κ3) is 4.15. The van der Waals surface area contributed by atoms with Gasteiger partial charge in [0.2, 0.25) is 5.91 Å². The summed E-state index contributed by atoms with van der Waals surface area (Å²) in [5.74, 6) is 2.38. The lowest BCUT2D eigenvalue weighted by Gasteiger charge is -2.11. The van der Waals surface area contributed by atoms with Crippen molar-refractivity contribution in [1.82, 2.24) is 10.6 Å². The normalized spacial score (nSPS) is 11.7. The molecule has 0 bridgehead atoms. The maximum Gasteiger partial charge on any atom is 0.234 e. The summed E-state index contributed by atoms with van der Waals surface area (Å²) in [7, 11) is 0. The Labute approximate surface area is 93.9 Å². The Hall–Kier alpha value is -1.31. The third-order valence-corrected chi connectivity index (χ3v) is 2.92. The van der Waals surface area contributed by atoms with Gasteiger partial charge in [0, 0.05) is 4.88 Å². The van der Waals surface area contributed by atoms with E-state index in [2.05, 4.69) is 16.6 Å². The summed E-state index contributed by atoms with van der Waals surface area (Å²) in [6.07, 6.45) is 5.05. The molecule has 15 heavy (non-hydrogen) atoms. The Balaban J connectivity index is 2.29. The van der Waals surface area contributed by atoms with Gasteiger partial charge in [-0.1, -0.05) is 12.0 Å². The quantitative estimate of drug-likeness (QED) is 0.579. The molecule has 1 aromatic heterocycles. The smallest absolute Gasteiger partial charge is 0.234 e. The van der Waals surface area contributed by atoms with Crippen LogP contribution in [0, 0.1) is 12.3 Å². The van der Waals surface area contributed by atoms with Crippen molar-refractivity contribution in [1.29, 1.82) is 0 Å². The van der Waals surface area contributed by atoms with Gasteiger partial charge < -0.3 is 5.32 Å². The fraction of sp³-hybridized carbons (Fsp3) is 0.364. The van der Waals surface area contributed by atoms with E-state index in [1.807, 2.05) is 24.4 Å². The first-order valence-corrected chi connectivity index (χ1v) is 5.59. The Morgan fingerprint density at radius 2 is 2.53 bits per heavy atom. The molecule has 0 aliphatic carbocycles. The van der Waals surface area contributed by atoms with Crippen LogP contribution in [0.3, 0.4) is 0 Å². The third-order valence-electron chi connectivity index (χ3n) is 1.86. The standard InChI is InChI=1S/C11H14N2OS/c1-3-6-12-8-11(14)13-9(2)10-5-4-7-15-10/h1,4-5,7,9,12H,6,8H2,2H3,(H,13,14)/t9-/m1/s1. The molecule has 0 saturated heterocycles. The van der Waals surface area contributed by atoms with Crippen LogP contribution in [0.5, 0.6) is 0 Å². The molecule has 4 heteroatoms. The van der Waals surface area contributed by atoms with E-state index in [0.29, 0.717) is 6.54 Å². The number of carbonyl (C=O) groups excluding carboxylic acids is 1. The second kappa shape index (κ2) is 6.23. The van der Waals surface area contributed by atoms with E-state index in [1.165, 1.54) is 0 Å². The minimum Gasteiger partial charge on any atom is -0.348 e. The van der Waals surface area contributed by atoms with E-state index in [-0.39, 0.29) is 18.5 Å². The molecule has 0 saturated carbocycles. The fourth-order valence-corrected chi connectivity index (χ4v) is 1.88. The first-order valence-electron chi connectivity index (χ1n) is 4.71. The van der Waals surface area contributed by atoms with Gasteiger partial charge >= 0.3 is 0 Å². The van der Waals surface area contributed by atoms with E-state index >= 15 is 0 Å². The molecule has 1 aromatic rings. The zero-order valence-electron chi connectivity index (χ0n) is 8.62. The minimum atomic E-state index is -0.0360. The second-order valence-corrected chi connectivity index (χ2v) is 4.09. The highest BCUT2D eigenvalue weighted by atomic mass is 32.1. The van der Waals surface area contributed by atoms with Crippen LogP contribution >= 0.6 is 11.3 Å². The van der Waals surface area contributed by atoms with E-state index in [9.17, 15) is 4.79 Å². The summed E-state index contributed by atoms with van der Waals surface area (Å²) in [6, 6.07) is 4.04. The zero-order valence-corrected chi connectivity index (χ0v) is 9.43. The number of hydrogen-bond donors (Lipinski definition) is 2. The lowest BCUT2D eigenvalue weighted by atomic mass is 10.3. The molecule has 2 N–H and O–H groups in total. The van der Waals surface area contributed by atoms with E-state index in [0.717, 1.165) is 4.88 Å². The van der Waals surface area contributed by atoms with Gasteiger partial charge in [0.25, 0.3) is 0 Å². The zero-order chi connectivity index (χ0) is 11.1. The molecule has 0 aliphatic heterocycles. The summed E-state index contributed by atoms with van der Waals surface area (Å²) < 4.78 is 0.